The van der Waals surface area contributed by atoms with Crippen molar-refractivity contribution in [2.45, 2.75) is 0 Å². The van der Waals surface area contributed by atoms with Gasteiger partial charge in [0.1, 0.15) is 24.7 Å². The molecule has 2 N–H and O–H groups in total. The van der Waals surface area contributed by atoms with E-state index in [-0.39, 0.29) is 0 Å². The Balaban J connectivity index is 1.86. The molecule has 0 aliphatic rings. The van der Waals surface area contributed by atoms with Crippen LogP contribution in [0.4, 0.5) is 5.69 Å². The number of rotatable bonds is 5. The van der Waals surface area contributed by atoms with Gasteiger partial charge in [0.25, 0.3) is 0 Å². The average molecular weight is 466 g/mol. The van der Waals surface area contributed by atoms with Crippen molar-refractivity contribution in [2.24, 2.45) is 0 Å². The summed E-state index contributed by atoms with van der Waals surface area (Å²) in [6, 6.07) is 11.3. The molecule has 20 heavy (non-hydrogen) atoms. The van der Waals surface area contributed by atoms with Crippen LogP contribution in [0.15, 0.2) is 49.8 Å². The molecule has 6 heteroatoms. The highest BCUT2D eigenvalue weighted by atomic mass is 79.9. The molecule has 2 rings (SSSR count). The van der Waals surface area contributed by atoms with Crippen LogP contribution in [-0.2, 0) is 0 Å². The lowest BCUT2D eigenvalue weighted by atomic mass is 10.3. The van der Waals surface area contributed by atoms with E-state index in [9.17, 15) is 0 Å². The maximum atomic E-state index is 5.73. The van der Waals surface area contributed by atoms with E-state index in [1.165, 1.54) is 0 Å². The Kier molecular flexibility index (Phi) is 5.74. The fourth-order valence-electron chi connectivity index (χ4n) is 1.55. The predicted molar refractivity (Wildman–Crippen MR) is 91.4 cm³/mol. The van der Waals surface area contributed by atoms with Crippen molar-refractivity contribution < 1.29 is 9.47 Å². The minimum Gasteiger partial charge on any atom is -0.490 e. The van der Waals surface area contributed by atoms with E-state index in [2.05, 4.69) is 47.8 Å². The Bertz CT molecular complexity index is 564. The van der Waals surface area contributed by atoms with Crippen LogP contribution < -0.4 is 15.2 Å². The molecule has 0 fully saturated rings. The van der Waals surface area contributed by atoms with Crippen LogP contribution in [-0.4, -0.2) is 13.2 Å². The molecule has 0 aliphatic heterocycles. The summed E-state index contributed by atoms with van der Waals surface area (Å²) in [5, 5.41) is 0. The third-order valence-electron chi connectivity index (χ3n) is 2.43. The normalized spacial score (nSPS) is 10.3. The Hall–Kier alpha value is -0.720. The molecule has 0 atom stereocenters. The van der Waals surface area contributed by atoms with Crippen LogP contribution in [0.3, 0.4) is 0 Å². The number of anilines is 1. The van der Waals surface area contributed by atoms with Gasteiger partial charge in [0.2, 0.25) is 0 Å². The molecule has 2 aromatic carbocycles. The van der Waals surface area contributed by atoms with Crippen molar-refractivity contribution in [2.75, 3.05) is 18.9 Å². The Morgan fingerprint density at radius 2 is 1.40 bits per heavy atom. The van der Waals surface area contributed by atoms with E-state index in [1.54, 1.807) is 12.1 Å². The molecule has 0 spiro atoms. The van der Waals surface area contributed by atoms with Crippen LogP contribution in [0.1, 0.15) is 0 Å². The molecule has 3 nitrogen and oxygen atoms in total. The van der Waals surface area contributed by atoms with Crippen molar-refractivity contribution in [3.63, 3.8) is 0 Å². The van der Waals surface area contributed by atoms with Gasteiger partial charge in [0.15, 0.2) is 0 Å². The summed E-state index contributed by atoms with van der Waals surface area (Å²) in [6.07, 6.45) is 0. The van der Waals surface area contributed by atoms with Crippen LogP contribution in [0.25, 0.3) is 0 Å². The van der Waals surface area contributed by atoms with Gasteiger partial charge in [0.05, 0.1) is 8.95 Å². The summed E-state index contributed by atoms with van der Waals surface area (Å²) >= 11 is 10.2. The lowest BCUT2D eigenvalue weighted by molar-refractivity contribution is 0.215. The number of nitrogen functional groups attached to an aromatic ring is 1. The van der Waals surface area contributed by atoms with Gasteiger partial charge in [0, 0.05) is 10.2 Å². The lowest BCUT2D eigenvalue weighted by Crippen LogP contribution is -2.09. The summed E-state index contributed by atoms with van der Waals surface area (Å²) in [5.41, 5.74) is 6.40. The Morgan fingerprint density at radius 1 is 0.850 bits per heavy atom. The number of halogens is 3. The van der Waals surface area contributed by atoms with E-state index in [0.29, 0.717) is 18.9 Å². The Morgan fingerprint density at radius 3 is 2.00 bits per heavy atom. The molecular formula is C14H12Br3NO2. The van der Waals surface area contributed by atoms with Gasteiger partial charge >= 0.3 is 0 Å². The molecule has 0 unspecified atom stereocenters. The quantitative estimate of drug-likeness (QED) is 0.498. The van der Waals surface area contributed by atoms with Gasteiger partial charge in [-0.15, -0.1) is 0 Å². The van der Waals surface area contributed by atoms with Crippen molar-refractivity contribution in [1.29, 1.82) is 0 Å². The summed E-state index contributed by atoms with van der Waals surface area (Å²) < 4.78 is 13.9. The number of benzene rings is 2. The Labute approximate surface area is 142 Å². The zero-order chi connectivity index (χ0) is 14.5. The second kappa shape index (κ2) is 7.33. The largest absolute Gasteiger partial charge is 0.490 e. The monoisotopic (exact) mass is 463 g/mol. The van der Waals surface area contributed by atoms with Gasteiger partial charge in [-0.05, 0) is 68.3 Å². The fraction of sp³-hybridized carbons (Fsp3) is 0.143. The lowest BCUT2D eigenvalue weighted by Gasteiger charge is -2.12. The van der Waals surface area contributed by atoms with Crippen LogP contribution in [0.2, 0.25) is 0 Å². The second-order valence-corrected chi connectivity index (χ2v) is 6.59. The first kappa shape index (κ1) is 15.7. The predicted octanol–water partition coefficient (Wildman–Crippen LogP) is 5.01. The number of nitrogens with two attached hydrogens (primary N) is 1. The standard InChI is InChI=1S/C14H12Br3NO2/c15-9-1-3-11(4-2-9)19-5-6-20-14-12(16)7-10(18)8-13(14)17/h1-4,7-8H,5-6,18H2. The van der Waals surface area contributed by atoms with Crippen LogP contribution in [0, 0.1) is 0 Å². The minimum absolute atomic E-state index is 0.442. The molecule has 2 aromatic rings. The summed E-state index contributed by atoms with van der Waals surface area (Å²) in [7, 11) is 0. The molecule has 106 valence electrons. The molecular weight excluding hydrogens is 454 g/mol. The zero-order valence-electron chi connectivity index (χ0n) is 10.4. The molecule has 0 amide bonds. The van der Waals surface area contributed by atoms with E-state index in [0.717, 1.165) is 24.9 Å². The van der Waals surface area contributed by atoms with E-state index in [4.69, 9.17) is 15.2 Å². The van der Waals surface area contributed by atoms with Crippen molar-refractivity contribution >= 4 is 53.5 Å². The van der Waals surface area contributed by atoms with Crippen LogP contribution >= 0.6 is 47.8 Å². The summed E-state index contributed by atoms with van der Waals surface area (Å²) in [6.45, 7) is 0.905. The molecule has 0 aromatic heterocycles. The number of ether oxygens (including phenoxy) is 2. The van der Waals surface area contributed by atoms with E-state index >= 15 is 0 Å². The molecule has 0 heterocycles. The van der Waals surface area contributed by atoms with Gasteiger partial charge in [-0.3, -0.25) is 0 Å². The maximum absolute atomic E-state index is 5.73. The third-order valence-corrected chi connectivity index (χ3v) is 4.14. The fourth-order valence-corrected chi connectivity index (χ4v) is 3.27. The topological polar surface area (TPSA) is 44.5 Å². The third kappa shape index (κ3) is 4.40. The van der Waals surface area contributed by atoms with Gasteiger partial charge in [-0.2, -0.15) is 0 Å². The first-order valence-electron chi connectivity index (χ1n) is 5.82. The number of hydrogen-bond acceptors (Lipinski definition) is 3. The van der Waals surface area contributed by atoms with Crippen molar-refractivity contribution in [3.05, 3.63) is 49.8 Å². The first-order valence-corrected chi connectivity index (χ1v) is 8.20. The van der Waals surface area contributed by atoms with Crippen molar-refractivity contribution in [1.82, 2.24) is 0 Å². The molecule has 0 bridgehead atoms. The summed E-state index contributed by atoms with van der Waals surface area (Å²) in [4.78, 5) is 0. The van der Waals surface area contributed by atoms with Crippen LogP contribution in [0.5, 0.6) is 11.5 Å². The van der Waals surface area contributed by atoms with E-state index < -0.39 is 0 Å². The SMILES string of the molecule is Nc1cc(Br)c(OCCOc2ccc(Br)cc2)c(Br)c1. The highest BCUT2D eigenvalue weighted by molar-refractivity contribution is 9.11. The highest BCUT2D eigenvalue weighted by Gasteiger charge is 2.07. The molecule has 0 aliphatic carbocycles. The smallest absolute Gasteiger partial charge is 0.147 e. The van der Waals surface area contributed by atoms with Gasteiger partial charge < -0.3 is 15.2 Å². The minimum atomic E-state index is 0.442. The van der Waals surface area contributed by atoms with E-state index in [1.807, 2.05) is 24.3 Å². The summed E-state index contributed by atoms with van der Waals surface area (Å²) in [5.74, 6) is 1.53. The van der Waals surface area contributed by atoms with Gasteiger partial charge in [-0.1, -0.05) is 15.9 Å². The first-order chi connectivity index (χ1) is 9.56. The average Bonchev–Trinajstić information content (AvgIpc) is 2.39. The number of hydrogen-bond donors (Lipinski definition) is 1. The maximum Gasteiger partial charge on any atom is 0.147 e. The zero-order valence-corrected chi connectivity index (χ0v) is 15.2. The molecule has 0 saturated heterocycles. The second-order valence-electron chi connectivity index (χ2n) is 3.96. The van der Waals surface area contributed by atoms with Crippen molar-refractivity contribution in [3.8, 4) is 11.5 Å². The highest BCUT2D eigenvalue weighted by Crippen LogP contribution is 2.35. The molecule has 0 radical (unpaired) electrons. The molecule has 0 saturated carbocycles. The van der Waals surface area contributed by atoms with Gasteiger partial charge in [-0.25, -0.2) is 0 Å².